The predicted octanol–water partition coefficient (Wildman–Crippen LogP) is 3.24. The first kappa shape index (κ1) is 22.0. The Labute approximate surface area is 190 Å². The summed E-state index contributed by atoms with van der Waals surface area (Å²) in [5, 5.41) is 7.16. The number of carbonyl (C=O) groups excluding carboxylic acids is 1. The Hall–Kier alpha value is -2.17. The molecule has 0 spiro atoms. The quantitative estimate of drug-likeness (QED) is 0.357. The smallest absolute Gasteiger partial charge is 0.256 e. The fraction of sp³-hybridized carbons (Fsp3) is 0.524. The number of aromatic nitrogens is 4. The topological polar surface area (TPSA) is 81.9 Å². The second-order valence-corrected chi connectivity index (χ2v) is 9.28. The van der Waals surface area contributed by atoms with Crippen molar-refractivity contribution in [3.63, 3.8) is 0 Å². The van der Waals surface area contributed by atoms with Crippen molar-refractivity contribution in [2.24, 2.45) is 0 Å². The van der Waals surface area contributed by atoms with Crippen LogP contribution in [-0.2, 0) is 16.0 Å². The Bertz CT molecular complexity index is 1010. The van der Waals surface area contributed by atoms with E-state index in [1.54, 1.807) is 15.9 Å². The van der Waals surface area contributed by atoms with Gasteiger partial charge in [-0.1, -0.05) is 17.8 Å². The van der Waals surface area contributed by atoms with Crippen molar-refractivity contribution < 1.29 is 14.3 Å². The molecule has 1 saturated heterocycles. The molecule has 1 unspecified atom stereocenters. The molecule has 0 aliphatic carbocycles. The number of amides is 1. The number of thiophene rings is 1. The van der Waals surface area contributed by atoms with Gasteiger partial charge in [0.25, 0.3) is 5.78 Å². The van der Waals surface area contributed by atoms with Crippen molar-refractivity contribution in [3.8, 4) is 5.88 Å². The summed E-state index contributed by atoms with van der Waals surface area (Å²) in [5.41, 5.74) is 0.812. The first-order chi connectivity index (χ1) is 15.1. The van der Waals surface area contributed by atoms with Crippen LogP contribution >= 0.6 is 23.1 Å². The summed E-state index contributed by atoms with van der Waals surface area (Å²) in [4.78, 5) is 24.7. The summed E-state index contributed by atoms with van der Waals surface area (Å²) in [6.45, 7) is 3.95. The number of ether oxygens (including phenoxy) is 2. The van der Waals surface area contributed by atoms with Gasteiger partial charge < -0.3 is 14.4 Å². The molecule has 4 heterocycles. The molecule has 1 aliphatic heterocycles. The Balaban J connectivity index is 1.27. The fourth-order valence-electron chi connectivity index (χ4n) is 3.54. The second-order valence-electron chi connectivity index (χ2n) is 7.48. The van der Waals surface area contributed by atoms with E-state index in [-0.39, 0.29) is 12.0 Å². The molecule has 0 radical (unpaired) electrons. The standard InChI is InChI=1S/C21H27N5O3S2/c1-15-12-19(26-20(22-15)23-21(24-26)30-2)29-14-16-13-25(9-10-28-16)18(27)8-4-3-6-17-7-5-11-31-17/h5,7,11-12,16H,3-4,6,8-10,13-14H2,1-2H3. The highest BCUT2D eigenvalue weighted by Gasteiger charge is 2.25. The molecule has 4 rings (SSSR count). The number of thioether (sulfide) groups is 1. The minimum Gasteiger partial charge on any atom is -0.475 e. The van der Waals surface area contributed by atoms with E-state index in [2.05, 4.69) is 32.6 Å². The first-order valence-electron chi connectivity index (χ1n) is 10.5. The summed E-state index contributed by atoms with van der Waals surface area (Å²) in [6.07, 6.45) is 5.33. The van der Waals surface area contributed by atoms with E-state index < -0.39 is 0 Å². The van der Waals surface area contributed by atoms with Gasteiger partial charge in [-0.3, -0.25) is 4.79 Å². The van der Waals surface area contributed by atoms with Crippen LogP contribution in [0.2, 0.25) is 0 Å². The number of carbonyl (C=O) groups is 1. The van der Waals surface area contributed by atoms with Crippen molar-refractivity contribution >= 4 is 34.8 Å². The van der Waals surface area contributed by atoms with Crippen LogP contribution in [0.4, 0.5) is 0 Å². The summed E-state index contributed by atoms with van der Waals surface area (Å²) in [7, 11) is 0. The van der Waals surface area contributed by atoms with Gasteiger partial charge in [0.05, 0.1) is 13.2 Å². The number of aryl methyl sites for hydroxylation is 2. The number of rotatable bonds is 9. The Morgan fingerprint density at radius 3 is 3.10 bits per heavy atom. The van der Waals surface area contributed by atoms with Crippen molar-refractivity contribution in [2.75, 3.05) is 32.6 Å². The lowest BCUT2D eigenvalue weighted by atomic mass is 10.1. The van der Waals surface area contributed by atoms with Gasteiger partial charge in [0.15, 0.2) is 0 Å². The van der Waals surface area contributed by atoms with Crippen molar-refractivity contribution in [3.05, 3.63) is 34.2 Å². The Morgan fingerprint density at radius 2 is 2.29 bits per heavy atom. The third-order valence-corrected chi connectivity index (χ3v) is 6.60. The van der Waals surface area contributed by atoms with Crippen LogP contribution in [0.25, 0.3) is 5.78 Å². The molecule has 1 aliphatic rings. The lowest BCUT2D eigenvalue weighted by molar-refractivity contribution is -0.140. The minimum atomic E-state index is -0.170. The van der Waals surface area contributed by atoms with Gasteiger partial charge >= 0.3 is 0 Å². The number of unbranched alkanes of at least 4 members (excludes halogenated alkanes) is 1. The Morgan fingerprint density at radius 1 is 1.39 bits per heavy atom. The summed E-state index contributed by atoms with van der Waals surface area (Å²) in [5.74, 6) is 1.29. The average molecular weight is 462 g/mol. The zero-order valence-electron chi connectivity index (χ0n) is 17.8. The molecule has 10 heteroatoms. The molecule has 3 aromatic rings. The third kappa shape index (κ3) is 5.75. The van der Waals surface area contributed by atoms with Crippen LogP contribution < -0.4 is 4.74 Å². The van der Waals surface area contributed by atoms with E-state index >= 15 is 0 Å². The number of hydrogen-bond donors (Lipinski definition) is 0. The van der Waals surface area contributed by atoms with Crippen LogP contribution in [-0.4, -0.2) is 69.1 Å². The Kier molecular flexibility index (Phi) is 7.41. The first-order valence-corrected chi connectivity index (χ1v) is 12.6. The predicted molar refractivity (Wildman–Crippen MR) is 121 cm³/mol. The maximum absolute atomic E-state index is 12.6. The zero-order valence-corrected chi connectivity index (χ0v) is 19.5. The van der Waals surface area contributed by atoms with E-state index in [0.29, 0.717) is 49.5 Å². The van der Waals surface area contributed by atoms with E-state index in [1.807, 2.05) is 24.1 Å². The molecular weight excluding hydrogens is 434 g/mol. The van der Waals surface area contributed by atoms with Gasteiger partial charge in [0, 0.05) is 29.6 Å². The molecule has 1 amide bonds. The van der Waals surface area contributed by atoms with Gasteiger partial charge in [-0.15, -0.1) is 16.4 Å². The monoisotopic (exact) mass is 461 g/mol. The number of hydrogen-bond acceptors (Lipinski definition) is 8. The van der Waals surface area contributed by atoms with Gasteiger partial charge in [0.1, 0.15) is 12.7 Å². The highest BCUT2D eigenvalue weighted by Crippen LogP contribution is 2.19. The van der Waals surface area contributed by atoms with Gasteiger partial charge in [-0.25, -0.2) is 4.98 Å². The molecule has 8 nitrogen and oxygen atoms in total. The van der Waals surface area contributed by atoms with E-state index in [1.165, 1.54) is 16.6 Å². The molecular formula is C21H27N5O3S2. The largest absolute Gasteiger partial charge is 0.475 e. The number of morpholine rings is 1. The molecule has 1 fully saturated rings. The van der Waals surface area contributed by atoms with Crippen molar-refractivity contribution in [2.45, 2.75) is 43.9 Å². The molecule has 31 heavy (non-hydrogen) atoms. The highest BCUT2D eigenvalue weighted by molar-refractivity contribution is 7.98. The maximum atomic E-state index is 12.6. The lowest BCUT2D eigenvalue weighted by Crippen LogP contribution is -2.47. The van der Waals surface area contributed by atoms with E-state index in [0.717, 1.165) is 25.0 Å². The van der Waals surface area contributed by atoms with Gasteiger partial charge in [0.2, 0.25) is 16.9 Å². The maximum Gasteiger partial charge on any atom is 0.256 e. The van der Waals surface area contributed by atoms with E-state index in [4.69, 9.17) is 9.47 Å². The fourth-order valence-corrected chi connectivity index (χ4v) is 4.63. The number of nitrogens with zero attached hydrogens (tertiary/aromatic N) is 5. The normalized spacial score (nSPS) is 16.7. The zero-order chi connectivity index (χ0) is 21.6. The third-order valence-electron chi connectivity index (χ3n) is 5.12. The van der Waals surface area contributed by atoms with Crippen molar-refractivity contribution in [1.29, 1.82) is 0 Å². The number of fused-ring (bicyclic) bond motifs is 1. The van der Waals surface area contributed by atoms with Crippen LogP contribution in [0.3, 0.4) is 0 Å². The molecule has 166 valence electrons. The summed E-state index contributed by atoms with van der Waals surface area (Å²) >= 11 is 3.24. The van der Waals surface area contributed by atoms with Gasteiger partial charge in [-0.2, -0.15) is 9.50 Å². The average Bonchev–Trinajstić information content (AvgIpc) is 3.44. The van der Waals surface area contributed by atoms with Crippen LogP contribution in [0, 0.1) is 6.92 Å². The van der Waals surface area contributed by atoms with Gasteiger partial charge in [-0.05, 0) is 43.9 Å². The molecule has 1 atom stereocenters. The molecule has 3 aromatic heterocycles. The van der Waals surface area contributed by atoms with Crippen LogP contribution in [0.15, 0.2) is 28.7 Å². The highest BCUT2D eigenvalue weighted by atomic mass is 32.2. The van der Waals surface area contributed by atoms with Crippen LogP contribution in [0.5, 0.6) is 5.88 Å². The summed E-state index contributed by atoms with van der Waals surface area (Å²) in [6, 6.07) is 6.06. The lowest BCUT2D eigenvalue weighted by Gasteiger charge is -2.33. The summed E-state index contributed by atoms with van der Waals surface area (Å²) < 4.78 is 13.5. The second kappa shape index (κ2) is 10.4. The molecule has 0 aromatic carbocycles. The minimum absolute atomic E-state index is 0.170. The SMILES string of the molecule is CSc1nc2nc(C)cc(OCC3CN(C(=O)CCCCc4cccs4)CCO3)n2n1. The molecule has 0 N–H and O–H groups in total. The van der Waals surface area contributed by atoms with Crippen LogP contribution in [0.1, 0.15) is 29.8 Å². The molecule has 0 saturated carbocycles. The van der Waals surface area contributed by atoms with Crippen molar-refractivity contribution in [1.82, 2.24) is 24.5 Å². The van der Waals surface area contributed by atoms with E-state index in [9.17, 15) is 4.79 Å². The molecule has 0 bridgehead atoms.